The van der Waals surface area contributed by atoms with Crippen LogP contribution < -0.4 is 15.2 Å². The number of nitrogens with zero attached hydrogens (tertiary/aromatic N) is 2. The Morgan fingerprint density at radius 1 is 0.826 bits per heavy atom. The third-order valence-electron chi connectivity index (χ3n) is 2.57. The maximum absolute atomic E-state index is 12.0. The highest BCUT2D eigenvalue weighted by Crippen LogP contribution is 2.26. The molecule has 0 amide bonds. The molecule has 2 aromatic rings. The number of alkyl halides is 3. The molecule has 0 aliphatic carbocycles. The van der Waals surface area contributed by atoms with E-state index in [1.807, 2.05) is 0 Å². The lowest BCUT2D eigenvalue weighted by Crippen LogP contribution is -2.16. The third-order valence-corrected chi connectivity index (χ3v) is 2.57. The molecule has 8 heteroatoms. The minimum Gasteiger partial charge on any atom is -0.492 e. The summed E-state index contributed by atoms with van der Waals surface area (Å²) in [6.07, 6.45) is -4.71. The van der Waals surface area contributed by atoms with Gasteiger partial charge in [0.15, 0.2) is 0 Å². The first-order chi connectivity index (χ1) is 11.0. The number of rotatable bonds is 6. The molecule has 0 unspecified atom stereocenters. The SMILES string of the molecule is NCCOc1ccc(N=Nc2ccc(OC(F)(F)F)cc2)cc1. The molecule has 0 atom stereocenters. The summed E-state index contributed by atoms with van der Waals surface area (Å²) in [5.41, 5.74) is 6.32. The summed E-state index contributed by atoms with van der Waals surface area (Å²) in [7, 11) is 0. The number of benzene rings is 2. The highest BCUT2D eigenvalue weighted by molar-refractivity contribution is 5.44. The van der Waals surface area contributed by atoms with E-state index in [0.29, 0.717) is 30.3 Å². The molecule has 0 heterocycles. The smallest absolute Gasteiger partial charge is 0.492 e. The molecular formula is C15H14F3N3O2. The number of nitrogens with two attached hydrogens (primary N) is 1. The van der Waals surface area contributed by atoms with E-state index in [0.717, 1.165) is 0 Å². The number of ether oxygens (including phenoxy) is 2. The fourth-order valence-electron chi connectivity index (χ4n) is 1.62. The van der Waals surface area contributed by atoms with Crippen LogP contribution in [0.1, 0.15) is 0 Å². The van der Waals surface area contributed by atoms with Crippen molar-refractivity contribution < 1.29 is 22.6 Å². The Hall–Kier alpha value is -2.61. The molecule has 0 fully saturated rings. The van der Waals surface area contributed by atoms with Crippen molar-refractivity contribution in [2.24, 2.45) is 16.0 Å². The molecule has 2 aromatic carbocycles. The Kier molecular flexibility index (Phi) is 5.53. The highest BCUT2D eigenvalue weighted by atomic mass is 19.4. The molecule has 122 valence electrons. The van der Waals surface area contributed by atoms with Gasteiger partial charge in [0.05, 0.1) is 11.4 Å². The standard InChI is InChI=1S/C15H14F3N3O2/c16-15(17,18)23-14-7-3-12(4-8-14)21-20-11-1-5-13(6-2-11)22-10-9-19/h1-8H,9-10,19H2. The Balaban J connectivity index is 1.97. The summed E-state index contributed by atoms with van der Waals surface area (Å²) in [5.74, 6) is 0.362. The first-order valence-electron chi connectivity index (χ1n) is 6.67. The topological polar surface area (TPSA) is 69.2 Å². The summed E-state index contributed by atoms with van der Waals surface area (Å²) < 4.78 is 45.2. The zero-order valence-electron chi connectivity index (χ0n) is 12.0. The van der Waals surface area contributed by atoms with E-state index in [-0.39, 0.29) is 5.75 Å². The van der Waals surface area contributed by atoms with Crippen LogP contribution in [0.5, 0.6) is 11.5 Å². The average molecular weight is 325 g/mol. The van der Waals surface area contributed by atoms with E-state index in [2.05, 4.69) is 15.0 Å². The van der Waals surface area contributed by atoms with Gasteiger partial charge in [0, 0.05) is 6.54 Å². The monoisotopic (exact) mass is 325 g/mol. The van der Waals surface area contributed by atoms with E-state index < -0.39 is 6.36 Å². The first kappa shape index (κ1) is 16.8. The highest BCUT2D eigenvalue weighted by Gasteiger charge is 2.30. The van der Waals surface area contributed by atoms with Gasteiger partial charge in [-0.3, -0.25) is 0 Å². The summed E-state index contributed by atoms with van der Waals surface area (Å²) in [6, 6.07) is 12.0. The van der Waals surface area contributed by atoms with Crippen molar-refractivity contribution in [3.63, 3.8) is 0 Å². The lowest BCUT2D eigenvalue weighted by molar-refractivity contribution is -0.274. The van der Waals surface area contributed by atoms with E-state index in [4.69, 9.17) is 10.5 Å². The quantitative estimate of drug-likeness (QED) is 0.803. The molecule has 0 aliphatic heterocycles. The van der Waals surface area contributed by atoms with E-state index >= 15 is 0 Å². The average Bonchev–Trinajstić information content (AvgIpc) is 2.52. The van der Waals surface area contributed by atoms with E-state index in [1.165, 1.54) is 24.3 Å². The van der Waals surface area contributed by atoms with Crippen molar-refractivity contribution in [3.8, 4) is 11.5 Å². The molecule has 0 aliphatic rings. The van der Waals surface area contributed by atoms with Gasteiger partial charge >= 0.3 is 6.36 Å². The zero-order valence-corrected chi connectivity index (χ0v) is 12.0. The molecule has 0 bridgehead atoms. The molecule has 0 saturated heterocycles. The molecular weight excluding hydrogens is 311 g/mol. The Morgan fingerprint density at radius 2 is 1.30 bits per heavy atom. The van der Waals surface area contributed by atoms with Crippen LogP contribution in [0.2, 0.25) is 0 Å². The van der Waals surface area contributed by atoms with Crippen LogP contribution in [0.15, 0.2) is 58.8 Å². The fourth-order valence-corrected chi connectivity index (χ4v) is 1.62. The minimum absolute atomic E-state index is 0.308. The van der Waals surface area contributed by atoms with E-state index in [1.54, 1.807) is 24.3 Å². The fraction of sp³-hybridized carbons (Fsp3) is 0.200. The van der Waals surface area contributed by atoms with Gasteiger partial charge in [0.25, 0.3) is 0 Å². The van der Waals surface area contributed by atoms with Gasteiger partial charge in [-0.2, -0.15) is 10.2 Å². The second-order valence-corrected chi connectivity index (χ2v) is 4.37. The van der Waals surface area contributed by atoms with Crippen LogP contribution >= 0.6 is 0 Å². The number of halogens is 3. The van der Waals surface area contributed by atoms with Gasteiger partial charge in [-0.1, -0.05) is 0 Å². The molecule has 0 radical (unpaired) electrons. The Morgan fingerprint density at radius 3 is 1.74 bits per heavy atom. The summed E-state index contributed by atoms with van der Waals surface area (Å²) in [5, 5.41) is 7.92. The van der Waals surface area contributed by atoms with Gasteiger partial charge in [-0.05, 0) is 48.5 Å². The molecule has 0 spiro atoms. The second kappa shape index (κ2) is 7.59. The summed E-state index contributed by atoms with van der Waals surface area (Å²) >= 11 is 0. The normalized spacial score (nSPS) is 11.7. The zero-order chi connectivity index (χ0) is 16.7. The molecule has 2 N–H and O–H groups in total. The van der Waals surface area contributed by atoms with Gasteiger partial charge in [-0.25, -0.2) is 0 Å². The van der Waals surface area contributed by atoms with Gasteiger partial charge < -0.3 is 15.2 Å². The van der Waals surface area contributed by atoms with Crippen LogP contribution in [0.4, 0.5) is 24.5 Å². The predicted octanol–water partition coefficient (Wildman–Crippen LogP) is 4.34. The third kappa shape index (κ3) is 5.95. The lowest BCUT2D eigenvalue weighted by atomic mass is 10.3. The molecule has 2 rings (SSSR count). The molecule has 23 heavy (non-hydrogen) atoms. The van der Waals surface area contributed by atoms with Crippen LogP contribution in [0, 0.1) is 0 Å². The van der Waals surface area contributed by atoms with Crippen LogP contribution in [-0.2, 0) is 0 Å². The molecule has 0 saturated carbocycles. The Bertz CT molecular complexity index is 641. The second-order valence-electron chi connectivity index (χ2n) is 4.37. The van der Waals surface area contributed by atoms with Crippen molar-refractivity contribution >= 4 is 11.4 Å². The van der Waals surface area contributed by atoms with Crippen LogP contribution in [0.3, 0.4) is 0 Å². The van der Waals surface area contributed by atoms with Crippen LogP contribution in [0.25, 0.3) is 0 Å². The largest absolute Gasteiger partial charge is 0.573 e. The maximum atomic E-state index is 12.0. The Labute approximate surface area is 130 Å². The summed E-state index contributed by atoms with van der Waals surface area (Å²) in [6.45, 7) is 0.850. The van der Waals surface area contributed by atoms with Crippen LogP contribution in [-0.4, -0.2) is 19.5 Å². The summed E-state index contributed by atoms with van der Waals surface area (Å²) in [4.78, 5) is 0. The minimum atomic E-state index is -4.71. The maximum Gasteiger partial charge on any atom is 0.573 e. The molecule has 0 aromatic heterocycles. The predicted molar refractivity (Wildman–Crippen MR) is 78.3 cm³/mol. The lowest BCUT2D eigenvalue weighted by Gasteiger charge is -2.08. The van der Waals surface area contributed by atoms with Gasteiger partial charge in [-0.15, -0.1) is 13.2 Å². The molecule has 5 nitrogen and oxygen atoms in total. The van der Waals surface area contributed by atoms with Crippen molar-refractivity contribution in [2.45, 2.75) is 6.36 Å². The van der Waals surface area contributed by atoms with Crippen molar-refractivity contribution in [1.29, 1.82) is 0 Å². The number of hydrogen-bond acceptors (Lipinski definition) is 5. The first-order valence-corrected chi connectivity index (χ1v) is 6.67. The van der Waals surface area contributed by atoms with Crippen molar-refractivity contribution in [1.82, 2.24) is 0 Å². The van der Waals surface area contributed by atoms with Gasteiger partial charge in [0.1, 0.15) is 18.1 Å². The number of azo groups is 1. The van der Waals surface area contributed by atoms with E-state index in [9.17, 15) is 13.2 Å². The van der Waals surface area contributed by atoms with Gasteiger partial charge in [0.2, 0.25) is 0 Å². The number of hydrogen-bond donors (Lipinski definition) is 1. The van der Waals surface area contributed by atoms with Crippen molar-refractivity contribution in [3.05, 3.63) is 48.5 Å². The van der Waals surface area contributed by atoms with Crippen molar-refractivity contribution in [2.75, 3.05) is 13.2 Å².